The Hall–Kier alpha value is -2.18. The number of hydrogen-bond donors (Lipinski definition) is 0. The van der Waals surface area contributed by atoms with Gasteiger partial charge >= 0.3 is 5.97 Å². The summed E-state index contributed by atoms with van der Waals surface area (Å²) in [5, 5.41) is 0. The monoisotopic (exact) mass is 432 g/mol. The van der Waals surface area contributed by atoms with Gasteiger partial charge in [0.2, 0.25) is 0 Å². The molecule has 6 heteroatoms. The molecule has 2 aromatic carbocycles. The van der Waals surface area contributed by atoms with E-state index in [4.69, 9.17) is 8.92 Å². The lowest BCUT2D eigenvalue weighted by Gasteiger charge is -2.39. The van der Waals surface area contributed by atoms with Crippen LogP contribution >= 0.6 is 0 Å². The van der Waals surface area contributed by atoms with Gasteiger partial charge in [0.1, 0.15) is 6.10 Å². The number of ether oxygens (including phenoxy) is 1. The third-order valence-corrected chi connectivity index (χ3v) is 6.34. The van der Waals surface area contributed by atoms with Gasteiger partial charge in [-0.1, -0.05) is 77.9 Å². The first-order valence-electron chi connectivity index (χ1n) is 10.2. The van der Waals surface area contributed by atoms with E-state index < -0.39 is 33.7 Å². The van der Waals surface area contributed by atoms with Crippen LogP contribution in [-0.2, 0) is 19.0 Å². The Morgan fingerprint density at radius 1 is 0.867 bits per heavy atom. The lowest BCUT2D eigenvalue weighted by atomic mass is 9.77. The Morgan fingerprint density at radius 2 is 1.37 bits per heavy atom. The summed E-state index contributed by atoms with van der Waals surface area (Å²) in [6.45, 7) is 11.6. The molecule has 0 bridgehead atoms. The first-order chi connectivity index (χ1) is 13.9. The molecule has 5 nitrogen and oxygen atoms in total. The molecule has 0 radical (unpaired) electrons. The van der Waals surface area contributed by atoms with Crippen LogP contribution in [0.4, 0.5) is 0 Å². The average molecular weight is 433 g/mol. The fourth-order valence-electron chi connectivity index (χ4n) is 3.60. The van der Waals surface area contributed by atoms with Gasteiger partial charge in [0.05, 0.1) is 16.6 Å². The maximum Gasteiger partial charge on any atom is 0.338 e. The maximum atomic E-state index is 12.8. The average Bonchev–Trinajstić information content (AvgIpc) is 2.70. The number of hydrogen-bond acceptors (Lipinski definition) is 5. The smallest absolute Gasteiger partial charge is 0.338 e. The van der Waals surface area contributed by atoms with Crippen LogP contribution in [0.1, 0.15) is 51.9 Å². The molecule has 2 rings (SSSR count). The predicted octanol–water partition coefficient (Wildman–Crippen LogP) is 5.32. The van der Waals surface area contributed by atoms with Gasteiger partial charge in [0.15, 0.2) is 0 Å². The van der Waals surface area contributed by atoms with Crippen LogP contribution in [0, 0.1) is 17.3 Å². The van der Waals surface area contributed by atoms with Crippen LogP contribution < -0.4 is 0 Å². The first-order valence-corrected chi connectivity index (χ1v) is 11.6. The fraction of sp³-hybridized carbons (Fsp3) is 0.458. The molecule has 0 aromatic heterocycles. The van der Waals surface area contributed by atoms with E-state index in [2.05, 4.69) is 0 Å². The van der Waals surface area contributed by atoms with Gasteiger partial charge in [0, 0.05) is 5.92 Å². The van der Waals surface area contributed by atoms with E-state index in [0.29, 0.717) is 5.56 Å². The third kappa shape index (κ3) is 6.16. The van der Waals surface area contributed by atoms with Crippen molar-refractivity contribution in [3.05, 3.63) is 66.2 Å². The molecule has 2 aromatic rings. The Balaban J connectivity index is 2.31. The zero-order chi connectivity index (χ0) is 22.5. The molecule has 3 atom stereocenters. The van der Waals surface area contributed by atoms with E-state index in [1.807, 2.05) is 47.6 Å². The van der Waals surface area contributed by atoms with Gasteiger partial charge in [-0.2, -0.15) is 8.42 Å². The second kappa shape index (κ2) is 9.75. The second-order valence-corrected chi connectivity index (χ2v) is 10.6. The molecule has 0 saturated heterocycles. The number of benzene rings is 2. The minimum Gasteiger partial charge on any atom is -0.458 e. The van der Waals surface area contributed by atoms with Gasteiger partial charge in [-0.05, 0) is 35.6 Å². The van der Waals surface area contributed by atoms with Crippen LogP contribution in [0.2, 0.25) is 0 Å². The summed E-state index contributed by atoms with van der Waals surface area (Å²) < 4.78 is 37.3. The molecule has 0 aliphatic carbocycles. The molecular weight excluding hydrogens is 400 g/mol. The zero-order valence-electron chi connectivity index (χ0n) is 18.5. The zero-order valence-corrected chi connectivity index (χ0v) is 19.3. The molecule has 0 saturated carbocycles. The van der Waals surface area contributed by atoms with Gasteiger partial charge in [-0.25, -0.2) is 4.79 Å². The molecule has 3 unspecified atom stereocenters. The van der Waals surface area contributed by atoms with Gasteiger partial charge in [0.25, 0.3) is 10.1 Å². The minimum absolute atomic E-state index is 0.108. The lowest BCUT2D eigenvalue weighted by Crippen LogP contribution is -2.45. The summed E-state index contributed by atoms with van der Waals surface area (Å²) in [4.78, 5) is 12.8. The third-order valence-electron chi connectivity index (χ3n) is 5.02. The summed E-state index contributed by atoms with van der Waals surface area (Å²) in [6, 6.07) is 16.9. The minimum atomic E-state index is -3.95. The van der Waals surface area contributed by atoms with Crippen molar-refractivity contribution in [1.82, 2.24) is 0 Å². The van der Waals surface area contributed by atoms with E-state index in [-0.39, 0.29) is 16.7 Å². The molecule has 0 fully saturated rings. The van der Waals surface area contributed by atoms with Crippen molar-refractivity contribution >= 4 is 16.1 Å². The highest BCUT2D eigenvalue weighted by Gasteiger charge is 2.41. The van der Waals surface area contributed by atoms with Crippen molar-refractivity contribution in [1.29, 1.82) is 0 Å². The Morgan fingerprint density at radius 3 is 1.83 bits per heavy atom. The van der Waals surface area contributed by atoms with Crippen molar-refractivity contribution < 1.29 is 22.1 Å². The summed E-state index contributed by atoms with van der Waals surface area (Å²) >= 11 is 0. The molecule has 30 heavy (non-hydrogen) atoms. The van der Waals surface area contributed by atoms with Crippen LogP contribution in [0.15, 0.2) is 65.6 Å². The fourth-order valence-corrected chi connectivity index (χ4v) is 4.89. The van der Waals surface area contributed by atoms with E-state index in [1.165, 1.54) is 12.1 Å². The highest BCUT2D eigenvalue weighted by atomic mass is 32.2. The van der Waals surface area contributed by atoms with Crippen LogP contribution in [0.5, 0.6) is 0 Å². The standard InChI is InChI=1S/C24H32O5S/c1-17(2)21(29-30(26,27)20-15-11-8-12-16-20)18(3)22(24(4,5)6)28-23(25)19-13-9-7-10-14-19/h7-18,21-22H,1-6H3. The number of carbonyl (C=O) groups excluding carboxylic acids is 1. The SMILES string of the molecule is CC(C)C(OS(=O)(=O)c1ccccc1)C(C)C(OC(=O)c1ccccc1)C(C)(C)C. The van der Waals surface area contributed by atoms with Crippen molar-refractivity contribution in [3.63, 3.8) is 0 Å². The topological polar surface area (TPSA) is 69.7 Å². The van der Waals surface area contributed by atoms with E-state index in [1.54, 1.807) is 42.5 Å². The first kappa shape index (κ1) is 24.1. The summed E-state index contributed by atoms with van der Waals surface area (Å²) in [6.07, 6.45) is -1.22. The molecule has 0 N–H and O–H groups in total. The van der Waals surface area contributed by atoms with E-state index in [9.17, 15) is 13.2 Å². The number of carbonyl (C=O) groups is 1. The quantitative estimate of drug-likeness (QED) is 0.417. The summed E-state index contributed by atoms with van der Waals surface area (Å²) in [7, 11) is -3.95. The second-order valence-electron chi connectivity index (χ2n) is 8.99. The van der Waals surface area contributed by atoms with Crippen LogP contribution in [0.25, 0.3) is 0 Å². The van der Waals surface area contributed by atoms with Crippen LogP contribution in [0.3, 0.4) is 0 Å². The van der Waals surface area contributed by atoms with Crippen molar-refractivity contribution in [2.45, 2.75) is 58.6 Å². The molecule has 0 heterocycles. The van der Waals surface area contributed by atoms with Crippen molar-refractivity contribution in [2.75, 3.05) is 0 Å². The van der Waals surface area contributed by atoms with Crippen molar-refractivity contribution in [2.24, 2.45) is 17.3 Å². The Labute approximate surface area is 180 Å². The Bertz CT molecular complexity index is 915. The largest absolute Gasteiger partial charge is 0.458 e. The van der Waals surface area contributed by atoms with Crippen LogP contribution in [-0.4, -0.2) is 26.6 Å². The lowest BCUT2D eigenvalue weighted by molar-refractivity contribution is -0.0586. The van der Waals surface area contributed by atoms with Gasteiger partial charge in [-0.3, -0.25) is 4.18 Å². The normalized spacial score (nSPS) is 15.4. The van der Waals surface area contributed by atoms with Crippen molar-refractivity contribution in [3.8, 4) is 0 Å². The summed E-state index contributed by atoms with van der Waals surface area (Å²) in [5.41, 5.74) is 0.0366. The molecule has 0 amide bonds. The Kier molecular flexibility index (Phi) is 7.83. The van der Waals surface area contributed by atoms with Gasteiger partial charge < -0.3 is 4.74 Å². The van der Waals surface area contributed by atoms with E-state index >= 15 is 0 Å². The molecule has 164 valence electrons. The summed E-state index contributed by atoms with van der Waals surface area (Å²) in [5.74, 6) is -0.911. The highest BCUT2D eigenvalue weighted by molar-refractivity contribution is 7.86. The number of rotatable bonds is 8. The maximum absolute atomic E-state index is 12.8. The molecular formula is C24H32O5S. The highest BCUT2D eigenvalue weighted by Crippen LogP contribution is 2.35. The van der Waals surface area contributed by atoms with E-state index in [0.717, 1.165) is 0 Å². The van der Waals surface area contributed by atoms with Gasteiger partial charge in [-0.15, -0.1) is 0 Å². The molecule has 0 aliphatic heterocycles. The molecule has 0 spiro atoms. The predicted molar refractivity (Wildman–Crippen MR) is 118 cm³/mol. The number of esters is 1. The molecule has 0 aliphatic rings.